The molecule has 0 bridgehead atoms. The SMILES string of the molecule is COCC[n+]1ccccc1C(C)=O.[CH3-]. The van der Waals surface area contributed by atoms with Crippen LogP contribution in [0.15, 0.2) is 24.4 Å². The van der Waals surface area contributed by atoms with Crippen molar-refractivity contribution in [2.45, 2.75) is 13.5 Å². The topological polar surface area (TPSA) is 30.2 Å². The quantitative estimate of drug-likeness (QED) is 0.411. The van der Waals surface area contributed by atoms with Crippen LogP contribution >= 0.6 is 0 Å². The minimum atomic E-state index is 0. The molecule has 78 valence electrons. The molecule has 1 rings (SSSR count). The number of Topliss-reactive ketones (excluding diaryl/α,β-unsaturated/α-hetero) is 1. The van der Waals surface area contributed by atoms with E-state index in [1.165, 1.54) is 0 Å². The minimum Gasteiger partial charge on any atom is -0.378 e. The summed E-state index contributed by atoms with van der Waals surface area (Å²) < 4.78 is 6.84. The number of rotatable bonds is 4. The molecule has 0 aliphatic carbocycles. The van der Waals surface area contributed by atoms with Crippen molar-refractivity contribution >= 4 is 5.78 Å². The van der Waals surface area contributed by atoms with Gasteiger partial charge >= 0.3 is 0 Å². The fourth-order valence-electron chi connectivity index (χ4n) is 1.18. The summed E-state index contributed by atoms with van der Waals surface area (Å²) in [5.41, 5.74) is 0.722. The van der Waals surface area contributed by atoms with E-state index in [0.29, 0.717) is 13.2 Å². The number of ketones is 1. The molecule has 0 fully saturated rings. The predicted molar refractivity (Wildman–Crippen MR) is 54.9 cm³/mol. The van der Waals surface area contributed by atoms with Crippen LogP contribution in [0.5, 0.6) is 0 Å². The molecule has 0 spiro atoms. The first-order chi connectivity index (χ1) is 6.25. The second-order valence-electron chi connectivity index (χ2n) is 2.83. The third-order valence-corrected chi connectivity index (χ3v) is 1.84. The third kappa shape index (κ3) is 3.26. The molecule has 0 atom stereocenters. The summed E-state index contributed by atoms with van der Waals surface area (Å²) in [5.74, 6) is 0.0803. The maximum absolute atomic E-state index is 11.2. The molecule has 0 radical (unpaired) electrons. The van der Waals surface area contributed by atoms with Crippen LogP contribution in [-0.2, 0) is 11.3 Å². The van der Waals surface area contributed by atoms with Crippen molar-refractivity contribution in [3.63, 3.8) is 0 Å². The van der Waals surface area contributed by atoms with Crippen molar-refractivity contribution in [1.29, 1.82) is 0 Å². The third-order valence-electron chi connectivity index (χ3n) is 1.84. The summed E-state index contributed by atoms with van der Waals surface area (Å²) in [6.07, 6.45) is 1.88. The Morgan fingerprint density at radius 2 is 2.21 bits per heavy atom. The number of carbonyl (C=O) groups excluding carboxylic acids is 1. The first-order valence-electron chi connectivity index (χ1n) is 4.24. The average molecular weight is 195 g/mol. The molecular weight excluding hydrogens is 178 g/mol. The van der Waals surface area contributed by atoms with Crippen molar-refractivity contribution in [3.8, 4) is 0 Å². The molecule has 3 heteroatoms. The van der Waals surface area contributed by atoms with Gasteiger partial charge in [-0.15, -0.1) is 0 Å². The molecule has 14 heavy (non-hydrogen) atoms. The Morgan fingerprint density at radius 3 is 2.79 bits per heavy atom. The van der Waals surface area contributed by atoms with E-state index in [4.69, 9.17) is 4.74 Å². The molecule has 1 aromatic heterocycles. The minimum absolute atomic E-state index is 0. The lowest BCUT2D eigenvalue weighted by molar-refractivity contribution is -0.700. The maximum atomic E-state index is 11.2. The maximum Gasteiger partial charge on any atom is 0.248 e. The summed E-state index contributed by atoms with van der Waals surface area (Å²) in [5, 5.41) is 0. The number of pyridine rings is 1. The van der Waals surface area contributed by atoms with E-state index in [9.17, 15) is 4.79 Å². The standard InChI is InChI=1S/C10H14NO2.CH3/c1-9(12)10-5-3-4-6-11(10)7-8-13-2;/h3-6H,7-8H2,1-2H3;1H3/q+1;-1. The normalized spacial score (nSPS) is 9.29. The van der Waals surface area contributed by atoms with Gasteiger partial charge in [0.15, 0.2) is 12.7 Å². The number of hydrogen-bond acceptors (Lipinski definition) is 2. The van der Waals surface area contributed by atoms with Crippen molar-refractivity contribution in [3.05, 3.63) is 37.5 Å². The molecule has 0 N–H and O–H groups in total. The van der Waals surface area contributed by atoms with Gasteiger partial charge in [-0.2, -0.15) is 4.57 Å². The zero-order valence-electron chi connectivity index (χ0n) is 8.99. The lowest BCUT2D eigenvalue weighted by Crippen LogP contribution is -2.41. The van der Waals surface area contributed by atoms with Crippen molar-refractivity contribution < 1.29 is 14.1 Å². The van der Waals surface area contributed by atoms with E-state index < -0.39 is 0 Å². The van der Waals surface area contributed by atoms with E-state index in [1.807, 2.05) is 29.0 Å². The molecule has 0 unspecified atom stereocenters. The lowest BCUT2D eigenvalue weighted by atomic mass is 10.2. The van der Waals surface area contributed by atoms with Gasteiger partial charge in [-0.1, -0.05) is 0 Å². The van der Waals surface area contributed by atoms with Gasteiger partial charge in [0, 0.05) is 26.2 Å². The lowest BCUT2D eigenvalue weighted by Gasteiger charge is -1.99. The second-order valence-corrected chi connectivity index (χ2v) is 2.83. The number of methoxy groups -OCH3 is 1. The first-order valence-corrected chi connectivity index (χ1v) is 4.24. The molecule has 1 aromatic rings. The highest BCUT2D eigenvalue weighted by atomic mass is 16.5. The summed E-state index contributed by atoms with van der Waals surface area (Å²) in [4.78, 5) is 11.2. The summed E-state index contributed by atoms with van der Waals surface area (Å²) in [6.45, 7) is 2.90. The first kappa shape index (κ1) is 12.8. The van der Waals surface area contributed by atoms with Crippen LogP contribution < -0.4 is 4.57 Å². The highest BCUT2D eigenvalue weighted by molar-refractivity contribution is 5.90. The van der Waals surface area contributed by atoms with E-state index >= 15 is 0 Å². The van der Waals surface area contributed by atoms with Crippen LogP contribution in [0.2, 0.25) is 0 Å². The summed E-state index contributed by atoms with van der Waals surface area (Å²) >= 11 is 0. The van der Waals surface area contributed by atoms with Gasteiger partial charge in [0.05, 0.1) is 0 Å². The number of carbonyl (C=O) groups is 1. The monoisotopic (exact) mass is 195 g/mol. The van der Waals surface area contributed by atoms with Crippen molar-refractivity contribution in [2.75, 3.05) is 13.7 Å². The van der Waals surface area contributed by atoms with E-state index in [-0.39, 0.29) is 13.2 Å². The van der Waals surface area contributed by atoms with Crippen molar-refractivity contribution in [1.82, 2.24) is 0 Å². The molecule has 0 saturated carbocycles. The number of aromatic nitrogens is 1. The van der Waals surface area contributed by atoms with Gasteiger partial charge in [0.2, 0.25) is 11.5 Å². The molecule has 0 amide bonds. The van der Waals surface area contributed by atoms with E-state index in [2.05, 4.69) is 0 Å². The smallest absolute Gasteiger partial charge is 0.248 e. The predicted octanol–water partition coefficient (Wildman–Crippen LogP) is 1.27. The largest absolute Gasteiger partial charge is 0.378 e. The molecule has 1 heterocycles. The van der Waals surface area contributed by atoms with Crippen LogP contribution in [0, 0.1) is 7.43 Å². The zero-order valence-corrected chi connectivity index (χ0v) is 8.99. The molecule has 0 saturated heterocycles. The highest BCUT2D eigenvalue weighted by Gasteiger charge is 2.12. The Kier molecular flexibility index (Phi) is 5.72. The fourth-order valence-corrected chi connectivity index (χ4v) is 1.18. The van der Waals surface area contributed by atoms with Crippen LogP contribution in [0.25, 0.3) is 0 Å². The molecular formula is C11H17NO2. The number of hydrogen-bond donors (Lipinski definition) is 0. The number of nitrogens with zero attached hydrogens (tertiary/aromatic N) is 1. The van der Waals surface area contributed by atoms with Gasteiger partial charge in [0.1, 0.15) is 6.61 Å². The van der Waals surface area contributed by atoms with Crippen LogP contribution in [-0.4, -0.2) is 19.5 Å². The van der Waals surface area contributed by atoms with Gasteiger partial charge in [0.25, 0.3) is 0 Å². The summed E-state index contributed by atoms with van der Waals surface area (Å²) in [6, 6.07) is 5.58. The highest BCUT2D eigenvalue weighted by Crippen LogP contribution is 1.92. The van der Waals surface area contributed by atoms with Crippen molar-refractivity contribution in [2.24, 2.45) is 0 Å². The average Bonchev–Trinajstić information content (AvgIpc) is 2.15. The van der Waals surface area contributed by atoms with Gasteiger partial charge in [-0.05, 0) is 6.07 Å². The van der Waals surface area contributed by atoms with E-state index in [0.717, 1.165) is 5.69 Å². The summed E-state index contributed by atoms with van der Waals surface area (Å²) in [7, 11) is 1.65. The van der Waals surface area contributed by atoms with Gasteiger partial charge < -0.3 is 12.2 Å². The molecule has 3 nitrogen and oxygen atoms in total. The Balaban J connectivity index is 0.00000169. The fraction of sp³-hybridized carbons (Fsp3) is 0.364. The van der Waals surface area contributed by atoms with Crippen LogP contribution in [0.3, 0.4) is 0 Å². The number of ether oxygens (including phenoxy) is 1. The Hall–Kier alpha value is -1.22. The Labute approximate surface area is 85.3 Å². The van der Waals surface area contributed by atoms with Crippen LogP contribution in [0.4, 0.5) is 0 Å². The second kappa shape index (κ2) is 6.27. The Bertz CT molecular complexity index is 297. The van der Waals surface area contributed by atoms with Gasteiger partial charge in [-0.25, -0.2) is 0 Å². The molecule has 0 aromatic carbocycles. The van der Waals surface area contributed by atoms with E-state index in [1.54, 1.807) is 14.0 Å². The Morgan fingerprint density at radius 1 is 1.50 bits per heavy atom. The molecule has 0 aliphatic heterocycles. The van der Waals surface area contributed by atoms with Crippen LogP contribution in [0.1, 0.15) is 17.4 Å². The zero-order chi connectivity index (χ0) is 9.68. The van der Waals surface area contributed by atoms with Gasteiger partial charge in [-0.3, -0.25) is 4.79 Å². The molecule has 0 aliphatic rings.